The normalized spacial score (nSPS) is 17.7. The lowest BCUT2D eigenvalue weighted by Crippen LogP contribution is -2.31. The summed E-state index contributed by atoms with van der Waals surface area (Å²) in [4.78, 5) is 22.6. The Bertz CT molecular complexity index is 793. The van der Waals surface area contributed by atoms with Crippen LogP contribution in [0.15, 0.2) is 30.6 Å². The van der Waals surface area contributed by atoms with Crippen LogP contribution in [-0.2, 0) is 11.3 Å². The topological polar surface area (TPSA) is 92.6 Å². The quantitative estimate of drug-likeness (QED) is 0.770. The van der Waals surface area contributed by atoms with Gasteiger partial charge in [0.1, 0.15) is 12.2 Å². The van der Waals surface area contributed by atoms with Crippen molar-refractivity contribution in [1.82, 2.24) is 35.1 Å². The minimum Gasteiger partial charge on any atom is -0.340 e. The van der Waals surface area contributed by atoms with E-state index in [4.69, 9.17) is 0 Å². The van der Waals surface area contributed by atoms with E-state index in [9.17, 15) is 4.79 Å². The summed E-state index contributed by atoms with van der Waals surface area (Å²) in [5, 5.41) is 11.0. The van der Waals surface area contributed by atoms with Gasteiger partial charge in [0.25, 0.3) is 0 Å². The average molecular weight is 325 g/mol. The molecular formula is C16H19N7O. The number of nitrogens with one attached hydrogen (secondary N) is 1. The third-order valence-corrected chi connectivity index (χ3v) is 4.47. The van der Waals surface area contributed by atoms with Crippen LogP contribution in [0.2, 0.25) is 0 Å². The van der Waals surface area contributed by atoms with Crippen LogP contribution in [0.4, 0.5) is 0 Å². The van der Waals surface area contributed by atoms with Crippen molar-refractivity contribution in [3.63, 3.8) is 0 Å². The largest absolute Gasteiger partial charge is 0.340 e. The van der Waals surface area contributed by atoms with E-state index in [2.05, 4.69) is 25.5 Å². The first kappa shape index (κ1) is 14.8. The van der Waals surface area contributed by atoms with E-state index in [-0.39, 0.29) is 11.9 Å². The fourth-order valence-electron chi connectivity index (χ4n) is 3.30. The number of hydrogen-bond donors (Lipinski definition) is 1. The number of aromatic amines is 1. The molecule has 0 aliphatic carbocycles. The zero-order valence-electron chi connectivity index (χ0n) is 13.3. The molecule has 1 amide bonds. The number of likely N-dealkylation sites (tertiary alicyclic amines) is 1. The van der Waals surface area contributed by atoms with Crippen molar-refractivity contribution in [1.29, 1.82) is 0 Å². The summed E-state index contributed by atoms with van der Waals surface area (Å²) in [5.41, 5.74) is 1.97. The van der Waals surface area contributed by atoms with Gasteiger partial charge in [0.05, 0.1) is 17.1 Å². The Hall–Kier alpha value is -2.77. The number of rotatable bonds is 5. The molecule has 1 unspecified atom stereocenters. The fraction of sp³-hybridized carbons (Fsp3) is 0.438. The van der Waals surface area contributed by atoms with Gasteiger partial charge < -0.3 is 9.88 Å². The van der Waals surface area contributed by atoms with E-state index in [0.29, 0.717) is 13.0 Å². The van der Waals surface area contributed by atoms with E-state index in [1.54, 1.807) is 11.0 Å². The van der Waals surface area contributed by atoms with Gasteiger partial charge in [-0.25, -0.2) is 9.67 Å². The number of aryl methyl sites for hydroxylation is 1. The molecule has 1 N–H and O–H groups in total. The molecule has 8 heteroatoms. The number of H-pyrrole nitrogens is 1. The van der Waals surface area contributed by atoms with E-state index >= 15 is 0 Å². The van der Waals surface area contributed by atoms with Gasteiger partial charge >= 0.3 is 0 Å². The number of fused-ring (bicyclic) bond motifs is 1. The Morgan fingerprint density at radius 2 is 2.25 bits per heavy atom. The lowest BCUT2D eigenvalue weighted by atomic mass is 10.2. The van der Waals surface area contributed by atoms with Crippen LogP contribution < -0.4 is 0 Å². The average Bonchev–Trinajstić information content (AvgIpc) is 3.33. The van der Waals surface area contributed by atoms with Gasteiger partial charge in [0, 0.05) is 19.5 Å². The predicted molar refractivity (Wildman–Crippen MR) is 86.8 cm³/mol. The van der Waals surface area contributed by atoms with Crippen molar-refractivity contribution in [3.8, 4) is 0 Å². The lowest BCUT2D eigenvalue weighted by molar-refractivity contribution is -0.132. The molecule has 0 bridgehead atoms. The van der Waals surface area contributed by atoms with E-state index in [1.165, 1.54) is 0 Å². The molecule has 0 saturated carbocycles. The van der Waals surface area contributed by atoms with Gasteiger partial charge in [0.2, 0.25) is 5.91 Å². The fourth-order valence-corrected chi connectivity index (χ4v) is 3.30. The highest BCUT2D eigenvalue weighted by Crippen LogP contribution is 2.32. The summed E-state index contributed by atoms with van der Waals surface area (Å²) >= 11 is 0. The van der Waals surface area contributed by atoms with E-state index in [0.717, 1.165) is 42.7 Å². The molecule has 8 nitrogen and oxygen atoms in total. The number of benzene rings is 1. The molecule has 1 saturated heterocycles. The summed E-state index contributed by atoms with van der Waals surface area (Å²) in [6, 6.07) is 8.02. The number of nitrogens with zero attached hydrogens (tertiary/aromatic N) is 6. The van der Waals surface area contributed by atoms with Gasteiger partial charge in [-0.15, -0.1) is 5.10 Å². The minimum absolute atomic E-state index is 0.0536. The van der Waals surface area contributed by atoms with Crippen LogP contribution in [0.1, 0.15) is 37.5 Å². The van der Waals surface area contributed by atoms with Crippen LogP contribution in [0.3, 0.4) is 0 Å². The number of carbonyl (C=O) groups is 1. The van der Waals surface area contributed by atoms with Gasteiger partial charge in [-0.2, -0.15) is 0 Å². The van der Waals surface area contributed by atoms with Crippen LogP contribution in [0, 0.1) is 0 Å². The number of imidazole rings is 1. The molecule has 124 valence electrons. The third kappa shape index (κ3) is 2.86. The van der Waals surface area contributed by atoms with Crippen molar-refractivity contribution in [3.05, 3.63) is 36.4 Å². The molecule has 3 aromatic rings. The highest BCUT2D eigenvalue weighted by atomic mass is 16.2. The molecule has 0 spiro atoms. The molecule has 1 fully saturated rings. The monoisotopic (exact) mass is 325 g/mol. The SMILES string of the molecule is O=C(CCCn1cnnn1)N1CCCC1c1nc2ccccc2[nH]1. The first-order valence-corrected chi connectivity index (χ1v) is 8.26. The zero-order valence-corrected chi connectivity index (χ0v) is 13.3. The highest BCUT2D eigenvalue weighted by Gasteiger charge is 2.31. The number of aromatic nitrogens is 6. The van der Waals surface area contributed by atoms with E-state index in [1.807, 2.05) is 29.2 Å². The van der Waals surface area contributed by atoms with Crippen LogP contribution >= 0.6 is 0 Å². The minimum atomic E-state index is 0.0536. The molecule has 4 rings (SSSR count). The van der Waals surface area contributed by atoms with Crippen molar-refractivity contribution in [2.24, 2.45) is 0 Å². The second kappa shape index (κ2) is 6.38. The Kier molecular flexibility index (Phi) is 3.94. The molecule has 2 aromatic heterocycles. The third-order valence-electron chi connectivity index (χ3n) is 4.47. The van der Waals surface area contributed by atoms with Crippen molar-refractivity contribution >= 4 is 16.9 Å². The summed E-state index contributed by atoms with van der Waals surface area (Å²) in [5.74, 6) is 1.06. The molecule has 24 heavy (non-hydrogen) atoms. The molecule has 3 heterocycles. The highest BCUT2D eigenvalue weighted by molar-refractivity contribution is 5.78. The first-order valence-electron chi connectivity index (χ1n) is 8.26. The smallest absolute Gasteiger partial charge is 0.223 e. The summed E-state index contributed by atoms with van der Waals surface area (Å²) in [6.07, 6.45) is 4.76. The predicted octanol–water partition coefficient (Wildman–Crippen LogP) is 1.69. The summed E-state index contributed by atoms with van der Waals surface area (Å²) in [6.45, 7) is 1.45. The molecule has 1 atom stereocenters. The Morgan fingerprint density at radius 1 is 1.33 bits per heavy atom. The summed E-state index contributed by atoms with van der Waals surface area (Å²) in [7, 11) is 0. The maximum Gasteiger partial charge on any atom is 0.223 e. The summed E-state index contributed by atoms with van der Waals surface area (Å²) < 4.78 is 1.65. The van der Waals surface area contributed by atoms with Crippen molar-refractivity contribution in [2.75, 3.05) is 6.54 Å². The maximum atomic E-state index is 12.6. The van der Waals surface area contributed by atoms with Gasteiger partial charge in [-0.3, -0.25) is 4.79 Å². The molecule has 1 aromatic carbocycles. The molecule has 1 aliphatic heterocycles. The second-order valence-electron chi connectivity index (χ2n) is 6.06. The van der Waals surface area contributed by atoms with Gasteiger partial charge in [-0.1, -0.05) is 12.1 Å². The molecule has 1 aliphatic rings. The number of hydrogen-bond acceptors (Lipinski definition) is 5. The van der Waals surface area contributed by atoms with Gasteiger partial charge in [0.15, 0.2) is 0 Å². The second-order valence-corrected chi connectivity index (χ2v) is 6.06. The standard InChI is InChI=1S/C16H19N7O/c24-15(8-4-9-22-11-17-20-21-22)23-10-3-7-14(23)16-18-12-5-1-2-6-13(12)19-16/h1-2,5-6,11,14H,3-4,7-10H2,(H,18,19). The van der Waals surface area contributed by atoms with Crippen LogP contribution in [0.5, 0.6) is 0 Å². The van der Waals surface area contributed by atoms with Crippen LogP contribution in [-0.4, -0.2) is 47.5 Å². The maximum absolute atomic E-state index is 12.6. The molecule has 0 radical (unpaired) electrons. The van der Waals surface area contributed by atoms with Gasteiger partial charge in [-0.05, 0) is 41.8 Å². The van der Waals surface area contributed by atoms with E-state index < -0.39 is 0 Å². The Balaban J connectivity index is 1.42. The lowest BCUT2D eigenvalue weighted by Gasteiger charge is -2.23. The Morgan fingerprint density at radius 3 is 3.08 bits per heavy atom. The first-order chi connectivity index (χ1) is 11.8. The zero-order chi connectivity index (χ0) is 16.4. The number of para-hydroxylation sites is 2. The Labute approximate surface area is 138 Å². The number of tetrazole rings is 1. The molecular weight excluding hydrogens is 306 g/mol. The van der Waals surface area contributed by atoms with Crippen molar-refractivity contribution in [2.45, 2.75) is 38.3 Å². The number of carbonyl (C=O) groups excluding carboxylic acids is 1. The number of amides is 1. The van der Waals surface area contributed by atoms with Crippen LogP contribution in [0.25, 0.3) is 11.0 Å². The van der Waals surface area contributed by atoms with Crippen molar-refractivity contribution < 1.29 is 4.79 Å².